The summed E-state index contributed by atoms with van der Waals surface area (Å²) in [5.41, 5.74) is 3.47. The topological polar surface area (TPSA) is 130 Å². The Kier molecular flexibility index (Phi) is 6.58. The predicted molar refractivity (Wildman–Crippen MR) is 122 cm³/mol. The van der Waals surface area contributed by atoms with Gasteiger partial charge in [-0.1, -0.05) is 6.92 Å². The number of carbonyl (C=O) groups is 1. The van der Waals surface area contributed by atoms with Crippen molar-refractivity contribution in [3.05, 3.63) is 47.3 Å². The highest BCUT2D eigenvalue weighted by Crippen LogP contribution is 2.34. The van der Waals surface area contributed by atoms with Crippen molar-refractivity contribution in [2.24, 2.45) is 0 Å². The van der Waals surface area contributed by atoms with Crippen molar-refractivity contribution in [2.45, 2.75) is 34.1 Å². The van der Waals surface area contributed by atoms with Crippen LogP contribution in [-0.4, -0.2) is 44.2 Å². The predicted octanol–water partition coefficient (Wildman–Crippen LogP) is 4.65. The Morgan fingerprint density at radius 1 is 1.09 bits per heavy atom. The minimum Gasteiger partial charge on any atom is -0.481 e. The van der Waals surface area contributed by atoms with Gasteiger partial charge in [-0.2, -0.15) is 9.97 Å². The monoisotopic (exact) mass is 464 g/mol. The number of hydrogen-bond acceptors (Lipinski definition) is 9. The van der Waals surface area contributed by atoms with E-state index in [-0.39, 0.29) is 17.6 Å². The molecule has 0 aliphatic rings. The van der Waals surface area contributed by atoms with Gasteiger partial charge in [-0.25, -0.2) is 9.78 Å². The molecule has 176 valence electrons. The van der Waals surface area contributed by atoms with Crippen molar-refractivity contribution in [3.63, 3.8) is 0 Å². The lowest BCUT2D eigenvalue weighted by atomic mass is 10.1. The lowest BCUT2D eigenvalue weighted by molar-refractivity contribution is -0.139. The standard InChI is InChI=1S/C24H24N4O6/c1-5-9-31-22-19-23(28-24(27-22)33-17-7-6-8-25-15(17)4)34-21(26-19)16-10-13(2)20(14(3)11-16)32-12-18(29)30/h6-8,10-11H,5,9,12H2,1-4H3,(H,29,30). The first-order valence-corrected chi connectivity index (χ1v) is 10.7. The van der Waals surface area contributed by atoms with Gasteiger partial charge in [0, 0.05) is 11.8 Å². The van der Waals surface area contributed by atoms with Crippen molar-refractivity contribution in [1.82, 2.24) is 19.9 Å². The number of oxazole rings is 1. The van der Waals surface area contributed by atoms with Crippen LogP contribution in [-0.2, 0) is 4.79 Å². The third-order valence-corrected chi connectivity index (χ3v) is 4.86. The molecule has 0 radical (unpaired) electrons. The molecule has 10 heteroatoms. The Bertz CT molecular complexity index is 1330. The van der Waals surface area contributed by atoms with Gasteiger partial charge in [0.1, 0.15) is 5.75 Å². The van der Waals surface area contributed by atoms with Crippen molar-refractivity contribution >= 4 is 17.2 Å². The third kappa shape index (κ3) is 4.90. The van der Waals surface area contributed by atoms with E-state index in [0.717, 1.165) is 17.5 Å². The number of fused-ring (bicyclic) bond motifs is 1. The van der Waals surface area contributed by atoms with E-state index in [1.165, 1.54) is 0 Å². The van der Waals surface area contributed by atoms with Crippen LogP contribution in [0.25, 0.3) is 22.7 Å². The molecule has 3 aromatic heterocycles. The smallest absolute Gasteiger partial charge is 0.341 e. The molecule has 0 aliphatic heterocycles. The Morgan fingerprint density at radius 2 is 1.85 bits per heavy atom. The van der Waals surface area contributed by atoms with Crippen LogP contribution in [0.5, 0.6) is 23.4 Å². The van der Waals surface area contributed by atoms with E-state index in [0.29, 0.717) is 40.8 Å². The molecule has 0 unspecified atom stereocenters. The molecule has 34 heavy (non-hydrogen) atoms. The molecular formula is C24H24N4O6. The van der Waals surface area contributed by atoms with Crippen molar-refractivity contribution < 1.29 is 28.5 Å². The zero-order valence-corrected chi connectivity index (χ0v) is 19.3. The molecule has 0 saturated heterocycles. The number of rotatable bonds is 9. The molecule has 4 rings (SSSR count). The van der Waals surface area contributed by atoms with Crippen LogP contribution in [0.2, 0.25) is 0 Å². The lowest BCUT2D eigenvalue weighted by Gasteiger charge is -2.11. The van der Waals surface area contributed by atoms with Gasteiger partial charge < -0.3 is 23.7 Å². The van der Waals surface area contributed by atoms with Crippen LogP contribution >= 0.6 is 0 Å². The van der Waals surface area contributed by atoms with Crippen LogP contribution in [0.4, 0.5) is 0 Å². The van der Waals surface area contributed by atoms with E-state index < -0.39 is 12.6 Å². The zero-order valence-electron chi connectivity index (χ0n) is 19.3. The third-order valence-electron chi connectivity index (χ3n) is 4.86. The largest absolute Gasteiger partial charge is 0.481 e. The van der Waals surface area contributed by atoms with Gasteiger partial charge >= 0.3 is 12.0 Å². The Morgan fingerprint density at radius 3 is 2.53 bits per heavy atom. The molecule has 0 atom stereocenters. The number of carboxylic acids is 1. The number of nitrogens with zero attached hydrogens (tertiary/aromatic N) is 4. The van der Waals surface area contributed by atoms with Gasteiger partial charge in [-0.15, -0.1) is 0 Å². The van der Waals surface area contributed by atoms with Crippen LogP contribution in [0, 0.1) is 20.8 Å². The van der Waals surface area contributed by atoms with Crippen LogP contribution < -0.4 is 14.2 Å². The van der Waals surface area contributed by atoms with Gasteiger partial charge in [0.2, 0.25) is 5.89 Å². The van der Waals surface area contributed by atoms with Crippen molar-refractivity contribution in [1.29, 1.82) is 0 Å². The second-order valence-electron chi connectivity index (χ2n) is 7.64. The number of carboxylic acid groups (broad SMARTS) is 1. The summed E-state index contributed by atoms with van der Waals surface area (Å²) in [6.07, 6.45) is 2.46. The van der Waals surface area contributed by atoms with Gasteiger partial charge in [-0.05, 0) is 62.6 Å². The van der Waals surface area contributed by atoms with Crippen LogP contribution in [0.3, 0.4) is 0 Å². The Labute approximate surface area is 195 Å². The van der Waals surface area contributed by atoms with E-state index in [4.69, 9.17) is 23.7 Å². The fourth-order valence-electron chi connectivity index (χ4n) is 3.36. The molecule has 0 fully saturated rings. The minimum atomic E-state index is -1.04. The molecule has 0 bridgehead atoms. The first-order valence-electron chi connectivity index (χ1n) is 10.7. The summed E-state index contributed by atoms with van der Waals surface area (Å²) in [7, 11) is 0. The Balaban J connectivity index is 1.73. The number of aryl methyl sites for hydroxylation is 3. The summed E-state index contributed by atoms with van der Waals surface area (Å²) in [4.78, 5) is 28.4. The van der Waals surface area contributed by atoms with E-state index in [2.05, 4.69) is 19.9 Å². The highest BCUT2D eigenvalue weighted by atomic mass is 16.5. The molecular weight excluding hydrogens is 440 g/mol. The summed E-state index contributed by atoms with van der Waals surface area (Å²) >= 11 is 0. The highest BCUT2D eigenvalue weighted by molar-refractivity contribution is 5.78. The van der Waals surface area contributed by atoms with E-state index in [1.807, 2.05) is 39.8 Å². The molecule has 0 amide bonds. The number of aliphatic carboxylic acids is 1. The quantitative estimate of drug-likeness (QED) is 0.373. The summed E-state index contributed by atoms with van der Waals surface area (Å²) in [6, 6.07) is 7.21. The second-order valence-corrected chi connectivity index (χ2v) is 7.64. The minimum absolute atomic E-state index is 0.0576. The van der Waals surface area contributed by atoms with Gasteiger partial charge in [0.15, 0.2) is 17.9 Å². The summed E-state index contributed by atoms with van der Waals surface area (Å²) in [6.45, 7) is 7.48. The van der Waals surface area contributed by atoms with Gasteiger partial charge in [0.25, 0.3) is 11.6 Å². The van der Waals surface area contributed by atoms with Gasteiger partial charge in [0.05, 0.1) is 12.3 Å². The normalized spacial score (nSPS) is 10.9. The maximum Gasteiger partial charge on any atom is 0.341 e. The SMILES string of the molecule is CCCOc1nc(Oc2cccnc2C)nc2oc(-c3cc(C)c(OCC(=O)O)c(C)c3)nc12. The lowest BCUT2D eigenvalue weighted by Crippen LogP contribution is -2.10. The number of aromatic nitrogens is 4. The number of ether oxygens (including phenoxy) is 3. The number of benzene rings is 1. The molecule has 1 N–H and O–H groups in total. The molecule has 3 heterocycles. The molecule has 4 aromatic rings. The first-order chi connectivity index (χ1) is 16.4. The molecule has 0 spiro atoms. The van der Waals surface area contributed by atoms with E-state index >= 15 is 0 Å². The molecule has 0 saturated carbocycles. The zero-order chi connectivity index (χ0) is 24.2. The molecule has 1 aromatic carbocycles. The fourth-order valence-corrected chi connectivity index (χ4v) is 3.36. The second kappa shape index (κ2) is 9.74. The maximum absolute atomic E-state index is 10.9. The number of pyridine rings is 1. The molecule has 10 nitrogen and oxygen atoms in total. The number of hydrogen-bond donors (Lipinski definition) is 1. The summed E-state index contributed by atoms with van der Waals surface area (Å²) in [5.74, 6) is 0.562. The summed E-state index contributed by atoms with van der Waals surface area (Å²) in [5, 5.41) is 8.90. The molecule has 0 aliphatic carbocycles. The van der Waals surface area contributed by atoms with E-state index in [9.17, 15) is 4.79 Å². The average molecular weight is 464 g/mol. The maximum atomic E-state index is 10.9. The Hall–Kier alpha value is -4.21. The van der Waals surface area contributed by atoms with Crippen molar-refractivity contribution in [2.75, 3.05) is 13.2 Å². The first kappa shape index (κ1) is 23.0. The van der Waals surface area contributed by atoms with Crippen LogP contribution in [0.1, 0.15) is 30.2 Å². The summed E-state index contributed by atoms with van der Waals surface area (Å²) < 4.78 is 23.0. The van der Waals surface area contributed by atoms with Crippen LogP contribution in [0.15, 0.2) is 34.9 Å². The van der Waals surface area contributed by atoms with Gasteiger partial charge in [-0.3, -0.25) is 4.98 Å². The fraction of sp³-hybridized carbons (Fsp3) is 0.292. The van der Waals surface area contributed by atoms with Crippen molar-refractivity contribution in [3.8, 4) is 34.8 Å². The average Bonchev–Trinajstić information content (AvgIpc) is 3.22. The van der Waals surface area contributed by atoms with E-state index in [1.54, 1.807) is 18.3 Å². The highest BCUT2D eigenvalue weighted by Gasteiger charge is 2.20.